The molecule has 0 saturated heterocycles. The molecule has 0 aromatic heterocycles. The van der Waals surface area contributed by atoms with Crippen LogP contribution in [0.2, 0.25) is 0 Å². The summed E-state index contributed by atoms with van der Waals surface area (Å²) in [6.07, 6.45) is 0. The van der Waals surface area contributed by atoms with Gasteiger partial charge in [0.2, 0.25) is 0 Å². The molecule has 0 radical (unpaired) electrons. The van der Waals surface area contributed by atoms with Gasteiger partial charge in [-0.05, 0) is 56.0 Å². The van der Waals surface area contributed by atoms with Gasteiger partial charge in [0.05, 0.1) is 7.11 Å². The highest BCUT2D eigenvalue weighted by atomic mass is 19.1. The lowest BCUT2D eigenvalue weighted by Crippen LogP contribution is -2.24. The van der Waals surface area contributed by atoms with E-state index in [2.05, 4.69) is 0 Å². The van der Waals surface area contributed by atoms with Crippen LogP contribution in [0.25, 0.3) is 0 Å². The van der Waals surface area contributed by atoms with Crippen LogP contribution in [0.1, 0.15) is 34.7 Å². The summed E-state index contributed by atoms with van der Waals surface area (Å²) in [5.74, 6) is 0.316. The number of hydrogen-bond acceptors (Lipinski definition) is 2. The fourth-order valence-corrected chi connectivity index (χ4v) is 2.49. The Hall–Kier alpha value is -1.87. The van der Waals surface area contributed by atoms with E-state index in [-0.39, 0.29) is 5.82 Å². The molecule has 0 heterocycles. The highest BCUT2D eigenvalue weighted by Crippen LogP contribution is 2.38. The predicted octanol–water partition coefficient (Wildman–Crippen LogP) is 4.02. The highest BCUT2D eigenvalue weighted by Gasteiger charge is 2.30. The summed E-state index contributed by atoms with van der Waals surface area (Å²) in [7, 11) is 1.58. The van der Waals surface area contributed by atoms with Crippen LogP contribution in [-0.4, -0.2) is 12.2 Å². The molecule has 2 aromatic rings. The van der Waals surface area contributed by atoms with Crippen molar-refractivity contribution in [2.75, 3.05) is 7.11 Å². The largest absolute Gasteiger partial charge is 0.496 e. The smallest absolute Gasteiger partial charge is 0.128 e. The van der Waals surface area contributed by atoms with Crippen molar-refractivity contribution in [1.29, 1.82) is 0 Å². The Bertz CT molecular complexity index is 675. The van der Waals surface area contributed by atoms with Gasteiger partial charge in [0.1, 0.15) is 17.2 Å². The van der Waals surface area contributed by atoms with Crippen molar-refractivity contribution in [3.8, 4) is 5.75 Å². The Morgan fingerprint density at radius 3 is 2.24 bits per heavy atom. The predicted molar refractivity (Wildman–Crippen MR) is 82.3 cm³/mol. The third-order valence-corrected chi connectivity index (χ3v) is 4.14. The van der Waals surface area contributed by atoms with Crippen LogP contribution in [-0.2, 0) is 5.60 Å². The molecule has 2 rings (SSSR count). The third-order valence-electron chi connectivity index (χ3n) is 4.14. The SMILES string of the molecule is COc1c(C(C)(O)c2ccc(C)c(F)c2)ccc(C)c1C. The number of halogens is 1. The van der Waals surface area contributed by atoms with E-state index in [9.17, 15) is 9.50 Å². The average Bonchev–Trinajstić information content (AvgIpc) is 2.44. The van der Waals surface area contributed by atoms with Gasteiger partial charge in [-0.2, -0.15) is 0 Å². The molecular formula is C18H21FO2. The minimum absolute atomic E-state index is 0.324. The van der Waals surface area contributed by atoms with Crippen LogP contribution in [0.3, 0.4) is 0 Å². The molecule has 3 heteroatoms. The number of hydrogen-bond donors (Lipinski definition) is 1. The monoisotopic (exact) mass is 288 g/mol. The van der Waals surface area contributed by atoms with Crippen LogP contribution in [0.15, 0.2) is 30.3 Å². The van der Waals surface area contributed by atoms with Gasteiger partial charge in [0.25, 0.3) is 0 Å². The van der Waals surface area contributed by atoms with Crippen molar-refractivity contribution in [2.45, 2.75) is 33.3 Å². The first-order valence-corrected chi connectivity index (χ1v) is 6.92. The molecule has 0 bridgehead atoms. The summed E-state index contributed by atoms with van der Waals surface area (Å²) >= 11 is 0. The van der Waals surface area contributed by atoms with E-state index in [1.54, 1.807) is 33.1 Å². The lowest BCUT2D eigenvalue weighted by Gasteiger charge is -2.28. The topological polar surface area (TPSA) is 29.5 Å². The minimum Gasteiger partial charge on any atom is -0.496 e. The maximum Gasteiger partial charge on any atom is 0.128 e. The molecule has 2 nitrogen and oxygen atoms in total. The third kappa shape index (κ3) is 2.66. The van der Waals surface area contributed by atoms with E-state index >= 15 is 0 Å². The van der Waals surface area contributed by atoms with Crippen LogP contribution in [0.4, 0.5) is 4.39 Å². The summed E-state index contributed by atoms with van der Waals surface area (Å²) < 4.78 is 19.3. The van der Waals surface area contributed by atoms with Crippen molar-refractivity contribution < 1.29 is 14.2 Å². The molecule has 1 unspecified atom stereocenters. The number of methoxy groups -OCH3 is 1. The van der Waals surface area contributed by atoms with Gasteiger partial charge in [-0.25, -0.2) is 4.39 Å². The van der Waals surface area contributed by atoms with Crippen molar-refractivity contribution in [2.24, 2.45) is 0 Å². The quantitative estimate of drug-likeness (QED) is 0.924. The molecule has 1 atom stereocenters. The second kappa shape index (κ2) is 5.49. The zero-order chi connectivity index (χ0) is 15.8. The van der Waals surface area contributed by atoms with Crippen molar-refractivity contribution in [1.82, 2.24) is 0 Å². The number of ether oxygens (including phenoxy) is 1. The number of rotatable bonds is 3. The normalized spacial score (nSPS) is 13.9. The fraction of sp³-hybridized carbons (Fsp3) is 0.333. The molecule has 0 saturated carbocycles. The molecule has 0 aliphatic heterocycles. The molecule has 2 aromatic carbocycles. The second-order valence-corrected chi connectivity index (χ2v) is 5.62. The van der Waals surface area contributed by atoms with E-state index in [0.717, 1.165) is 11.1 Å². The lowest BCUT2D eigenvalue weighted by atomic mass is 9.85. The van der Waals surface area contributed by atoms with Crippen LogP contribution in [0, 0.1) is 26.6 Å². The van der Waals surface area contributed by atoms with Crippen molar-refractivity contribution in [3.63, 3.8) is 0 Å². The first-order chi connectivity index (χ1) is 9.78. The highest BCUT2D eigenvalue weighted by molar-refractivity contribution is 5.51. The van der Waals surface area contributed by atoms with Gasteiger partial charge >= 0.3 is 0 Å². The summed E-state index contributed by atoms with van der Waals surface area (Å²) in [6, 6.07) is 8.56. The van der Waals surface area contributed by atoms with E-state index in [1.165, 1.54) is 6.07 Å². The van der Waals surface area contributed by atoms with Gasteiger partial charge in [0, 0.05) is 5.56 Å². The maximum absolute atomic E-state index is 13.8. The molecule has 1 N–H and O–H groups in total. The van der Waals surface area contributed by atoms with Gasteiger partial charge in [-0.1, -0.05) is 24.3 Å². The van der Waals surface area contributed by atoms with E-state index in [1.807, 2.05) is 26.0 Å². The van der Waals surface area contributed by atoms with E-state index in [0.29, 0.717) is 22.4 Å². The number of aryl methyl sites for hydroxylation is 2. The van der Waals surface area contributed by atoms with E-state index < -0.39 is 5.60 Å². The first-order valence-electron chi connectivity index (χ1n) is 6.92. The Balaban J connectivity index is 2.63. The summed E-state index contributed by atoms with van der Waals surface area (Å²) in [4.78, 5) is 0. The minimum atomic E-state index is -1.32. The Morgan fingerprint density at radius 1 is 1.05 bits per heavy atom. The van der Waals surface area contributed by atoms with Crippen LogP contribution < -0.4 is 4.74 Å². The number of benzene rings is 2. The van der Waals surface area contributed by atoms with Crippen LogP contribution >= 0.6 is 0 Å². The molecule has 21 heavy (non-hydrogen) atoms. The molecule has 0 spiro atoms. The summed E-state index contributed by atoms with van der Waals surface area (Å²) in [5.41, 5.74) is 2.44. The Kier molecular flexibility index (Phi) is 4.06. The fourth-order valence-electron chi connectivity index (χ4n) is 2.49. The molecule has 0 aliphatic rings. The first kappa shape index (κ1) is 15.5. The molecular weight excluding hydrogens is 267 g/mol. The van der Waals surface area contributed by atoms with E-state index in [4.69, 9.17) is 4.74 Å². The average molecular weight is 288 g/mol. The molecule has 0 aliphatic carbocycles. The molecule has 0 fully saturated rings. The van der Waals surface area contributed by atoms with Gasteiger partial charge in [-0.15, -0.1) is 0 Å². The Morgan fingerprint density at radius 2 is 1.67 bits per heavy atom. The van der Waals surface area contributed by atoms with Gasteiger partial charge in [0.15, 0.2) is 0 Å². The Labute approximate surface area is 125 Å². The standard InChI is InChI=1S/C18H21FO2/c1-11-7-9-15(17(21-5)13(11)3)18(4,20)14-8-6-12(2)16(19)10-14/h6-10,20H,1-5H3. The van der Waals surface area contributed by atoms with Crippen molar-refractivity contribution >= 4 is 0 Å². The zero-order valence-corrected chi connectivity index (χ0v) is 13.1. The lowest BCUT2D eigenvalue weighted by molar-refractivity contribution is 0.0984. The second-order valence-electron chi connectivity index (χ2n) is 5.62. The summed E-state index contributed by atoms with van der Waals surface area (Å²) in [6.45, 7) is 7.29. The summed E-state index contributed by atoms with van der Waals surface area (Å²) in [5, 5.41) is 11.0. The van der Waals surface area contributed by atoms with Gasteiger partial charge < -0.3 is 9.84 Å². The van der Waals surface area contributed by atoms with Crippen molar-refractivity contribution in [3.05, 3.63) is 64.0 Å². The van der Waals surface area contributed by atoms with Crippen LogP contribution in [0.5, 0.6) is 5.75 Å². The molecule has 112 valence electrons. The molecule has 0 amide bonds. The zero-order valence-electron chi connectivity index (χ0n) is 13.1. The van der Waals surface area contributed by atoms with Gasteiger partial charge in [-0.3, -0.25) is 0 Å². The maximum atomic E-state index is 13.8. The number of aliphatic hydroxyl groups is 1.